The van der Waals surface area contributed by atoms with Crippen molar-refractivity contribution in [3.63, 3.8) is 0 Å². The minimum absolute atomic E-state index is 0.0623. The van der Waals surface area contributed by atoms with Gasteiger partial charge < -0.3 is 9.84 Å². The summed E-state index contributed by atoms with van der Waals surface area (Å²) in [6.45, 7) is 5.58. The summed E-state index contributed by atoms with van der Waals surface area (Å²) in [6, 6.07) is 16.9. The van der Waals surface area contributed by atoms with Gasteiger partial charge >= 0.3 is 5.97 Å². The fourth-order valence-corrected chi connectivity index (χ4v) is 3.57. The van der Waals surface area contributed by atoms with Crippen molar-refractivity contribution in [1.29, 1.82) is 0 Å². The molecule has 142 valence electrons. The molecule has 2 aromatic rings. The van der Waals surface area contributed by atoms with E-state index in [0.29, 0.717) is 12.2 Å². The Kier molecular flexibility index (Phi) is 7.96. The number of allylic oxidation sites excluding steroid dienone is 2. The zero-order valence-electron chi connectivity index (χ0n) is 15.0. The Labute approximate surface area is 169 Å². The van der Waals surface area contributed by atoms with Gasteiger partial charge in [-0.3, -0.25) is 4.79 Å². The quantitative estimate of drug-likeness (QED) is 0.467. The van der Waals surface area contributed by atoms with Crippen molar-refractivity contribution in [2.75, 3.05) is 0 Å². The minimum Gasteiger partial charge on any atom is -0.481 e. The summed E-state index contributed by atoms with van der Waals surface area (Å²) in [6.07, 6.45) is 3.79. The van der Waals surface area contributed by atoms with E-state index in [1.807, 2.05) is 54.6 Å². The van der Waals surface area contributed by atoms with Crippen molar-refractivity contribution in [3.8, 4) is 11.5 Å². The Morgan fingerprint density at radius 2 is 1.81 bits per heavy atom. The molecule has 5 heteroatoms. The lowest BCUT2D eigenvalue weighted by atomic mass is 9.77. The molecule has 0 aliphatic heterocycles. The maximum atomic E-state index is 12.0. The number of benzene rings is 2. The van der Waals surface area contributed by atoms with Crippen LogP contribution in [0.5, 0.6) is 11.5 Å². The molecule has 0 amide bonds. The van der Waals surface area contributed by atoms with Crippen molar-refractivity contribution in [2.24, 2.45) is 11.8 Å². The average molecular weight is 405 g/mol. The number of carbonyl (C=O) groups is 1. The third-order valence-corrected chi connectivity index (χ3v) is 4.61. The van der Waals surface area contributed by atoms with Crippen LogP contribution in [-0.4, -0.2) is 11.1 Å². The van der Waals surface area contributed by atoms with Crippen molar-refractivity contribution in [3.05, 3.63) is 83.4 Å². The van der Waals surface area contributed by atoms with Gasteiger partial charge in [0.25, 0.3) is 0 Å². The van der Waals surface area contributed by atoms with Gasteiger partial charge in [-0.1, -0.05) is 72.6 Å². The standard InChI is InChI=1S/C22H22Cl2O3/c1-3-8-19(21(22(25)26)15(2)13-20(23)24)16-9-7-12-18(14-16)27-17-10-5-4-6-11-17/h3-7,9-15,19,21H,1,8H2,2H3,(H,25,26). The smallest absolute Gasteiger partial charge is 0.307 e. The van der Waals surface area contributed by atoms with E-state index < -0.39 is 11.9 Å². The highest BCUT2D eigenvalue weighted by Crippen LogP contribution is 2.37. The van der Waals surface area contributed by atoms with Crippen molar-refractivity contribution < 1.29 is 14.6 Å². The molecule has 3 atom stereocenters. The predicted molar refractivity (Wildman–Crippen MR) is 111 cm³/mol. The zero-order valence-corrected chi connectivity index (χ0v) is 16.5. The summed E-state index contributed by atoms with van der Waals surface area (Å²) in [7, 11) is 0. The van der Waals surface area contributed by atoms with Crippen LogP contribution < -0.4 is 4.74 Å². The van der Waals surface area contributed by atoms with E-state index >= 15 is 0 Å². The highest BCUT2D eigenvalue weighted by molar-refractivity contribution is 6.55. The summed E-state index contributed by atoms with van der Waals surface area (Å²) in [5, 5.41) is 9.84. The third-order valence-electron chi connectivity index (χ3n) is 4.36. The Balaban J connectivity index is 2.36. The highest BCUT2D eigenvalue weighted by Gasteiger charge is 2.33. The van der Waals surface area contributed by atoms with Crippen molar-refractivity contribution in [2.45, 2.75) is 19.3 Å². The summed E-state index contributed by atoms with van der Waals surface area (Å²) < 4.78 is 5.95. The minimum atomic E-state index is -0.908. The first kappa shape index (κ1) is 21.1. The molecule has 3 nitrogen and oxygen atoms in total. The Morgan fingerprint density at radius 1 is 1.15 bits per heavy atom. The number of ether oxygens (including phenoxy) is 1. The maximum absolute atomic E-state index is 12.0. The molecule has 2 aromatic carbocycles. The number of carboxylic acid groups (broad SMARTS) is 1. The first-order valence-corrected chi connectivity index (χ1v) is 9.37. The number of halogens is 2. The fourth-order valence-electron chi connectivity index (χ4n) is 3.17. The van der Waals surface area contributed by atoms with Gasteiger partial charge in [0, 0.05) is 5.92 Å². The molecule has 2 rings (SSSR count). The molecule has 0 aliphatic rings. The largest absolute Gasteiger partial charge is 0.481 e. The molecule has 1 N–H and O–H groups in total. The second kappa shape index (κ2) is 10.2. The van der Waals surface area contributed by atoms with E-state index in [-0.39, 0.29) is 16.3 Å². The van der Waals surface area contributed by atoms with E-state index in [0.717, 1.165) is 11.3 Å². The van der Waals surface area contributed by atoms with Crippen LogP contribution in [0, 0.1) is 11.8 Å². The first-order chi connectivity index (χ1) is 12.9. The van der Waals surface area contributed by atoms with Crippen LogP contribution in [0.15, 0.2) is 77.8 Å². The summed E-state index contributed by atoms with van der Waals surface area (Å²) in [5.74, 6) is -0.892. The van der Waals surface area contributed by atoms with Crippen molar-refractivity contribution in [1.82, 2.24) is 0 Å². The molecule has 0 radical (unpaired) electrons. The molecule has 0 saturated carbocycles. The lowest BCUT2D eigenvalue weighted by molar-refractivity contribution is -0.143. The molecule has 0 spiro atoms. The molecule has 0 aromatic heterocycles. The second-order valence-electron chi connectivity index (χ2n) is 6.30. The van der Waals surface area contributed by atoms with Crippen LogP contribution in [0.2, 0.25) is 0 Å². The zero-order chi connectivity index (χ0) is 19.8. The van der Waals surface area contributed by atoms with Crippen LogP contribution >= 0.6 is 23.2 Å². The number of hydrogen-bond acceptors (Lipinski definition) is 2. The normalized spacial score (nSPS) is 13.9. The van der Waals surface area contributed by atoms with Gasteiger partial charge in [-0.2, -0.15) is 0 Å². The Morgan fingerprint density at radius 3 is 2.41 bits per heavy atom. The SMILES string of the molecule is C=CCC(c1cccc(Oc2ccccc2)c1)C(C(=O)O)C(C)C=C(Cl)Cl. The number of hydrogen-bond donors (Lipinski definition) is 1. The van der Waals surface area contributed by atoms with Crippen molar-refractivity contribution >= 4 is 29.2 Å². The maximum Gasteiger partial charge on any atom is 0.307 e. The van der Waals surface area contributed by atoms with E-state index in [4.69, 9.17) is 27.9 Å². The Bertz CT molecular complexity index is 798. The van der Waals surface area contributed by atoms with Gasteiger partial charge in [0.15, 0.2) is 0 Å². The number of aliphatic carboxylic acids is 1. The molecular weight excluding hydrogens is 383 g/mol. The van der Waals surface area contributed by atoms with Gasteiger partial charge in [-0.25, -0.2) is 0 Å². The van der Waals surface area contributed by atoms with Gasteiger partial charge in [0.1, 0.15) is 16.0 Å². The van der Waals surface area contributed by atoms with Crippen LogP contribution in [0.25, 0.3) is 0 Å². The van der Waals surface area contributed by atoms with E-state index in [1.165, 1.54) is 0 Å². The van der Waals surface area contributed by atoms with E-state index in [1.54, 1.807) is 19.1 Å². The van der Waals surface area contributed by atoms with E-state index in [9.17, 15) is 9.90 Å². The van der Waals surface area contributed by atoms with E-state index in [2.05, 4.69) is 6.58 Å². The van der Waals surface area contributed by atoms with Gasteiger partial charge in [-0.05, 0) is 42.2 Å². The third kappa shape index (κ3) is 6.16. The van der Waals surface area contributed by atoms with Crippen LogP contribution in [0.4, 0.5) is 0 Å². The average Bonchev–Trinajstić information content (AvgIpc) is 2.61. The highest BCUT2D eigenvalue weighted by atomic mass is 35.5. The lowest BCUT2D eigenvalue weighted by Crippen LogP contribution is -2.27. The molecule has 0 heterocycles. The molecule has 0 saturated heterocycles. The molecule has 27 heavy (non-hydrogen) atoms. The molecule has 0 aliphatic carbocycles. The van der Waals surface area contributed by atoms with Gasteiger partial charge in [0.05, 0.1) is 5.92 Å². The summed E-state index contributed by atoms with van der Waals surface area (Å²) >= 11 is 11.5. The second-order valence-corrected chi connectivity index (χ2v) is 7.31. The lowest BCUT2D eigenvalue weighted by Gasteiger charge is -2.27. The molecule has 3 unspecified atom stereocenters. The predicted octanol–water partition coefficient (Wildman–Crippen LogP) is 6.79. The van der Waals surface area contributed by atoms with Gasteiger partial charge in [-0.15, -0.1) is 6.58 Å². The topological polar surface area (TPSA) is 46.5 Å². The molecule has 0 fully saturated rings. The fraction of sp³-hybridized carbons (Fsp3) is 0.227. The summed E-state index contributed by atoms with van der Waals surface area (Å²) in [5.41, 5.74) is 0.863. The van der Waals surface area contributed by atoms with Crippen LogP contribution in [-0.2, 0) is 4.79 Å². The Hall–Kier alpha value is -2.23. The molecule has 0 bridgehead atoms. The summed E-state index contributed by atoms with van der Waals surface area (Å²) in [4.78, 5) is 12.0. The molecular formula is C22H22Cl2O3. The number of carboxylic acids is 1. The van der Waals surface area contributed by atoms with Gasteiger partial charge in [0.2, 0.25) is 0 Å². The number of para-hydroxylation sites is 1. The first-order valence-electron chi connectivity index (χ1n) is 8.61. The van der Waals surface area contributed by atoms with Crippen LogP contribution in [0.1, 0.15) is 24.8 Å². The monoisotopic (exact) mass is 404 g/mol. The number of rotatable bonds is 9. The van der Waals surface area contributed by atoms with Crippen LogP contribution in [0.3, 0.4) is 0 Å².